The molecule has 0 aliphatic carbocycles. The van der Waals surface area contributed by atoms with Gasteiger partial charge in [0.1, 0.15) is 0 Å². The first kappa shape index (κ1) is 92.2. The second kappa shape index (κ2) is 40.6. The minimum atomic E-state index is 0. The third kappa shape index (κ3) is 12.9. The summed E-state index contributed by atoms with van der Waals surface area (Å²) in [5.74, 6) is 0. The van der Waals surface area contributed by atoms with Crippen molar-refractivity contribution >= 4 is 13.5 Å². The van der Waals surface area contributed by atoms with Crippen molar-refractivity contribution in [2.24, 2.45) is 0 Å². The Hall–Kier alpha value is 0.898. The summed E-state index contributed by atoms with van der Waals surface area (Å²) in [7, 11) is 0. The van der Waals surface area contributed by atoms with E-state index in [1.54, 1.807) is 0 Å². The molecule has 0 bridgehead atoms. The molecule has 30 valence electrons. The summed E-state index contributed by atoms with van der Waals surface area (Å²) >= 11 is 0. The van der Waals surface area contributed by atoms with Crippen molar-refractivity contribution in [3.05, 3.63) is 0 Å². The molecule has 0 aromatic rings. The normalized spacial score (nSPS) is 0. The molecule has 0 fully saturated rings. The summed E-state index contributed by atoms with van der Waals surface area (Å²) in [5.41, 5.74) is 0. The molecule has 0 aliphatic heterocycles. The van der Waals surface area contributed by atoms with E-state index >= 15 is 0 Å². The predicted octanol–water partition coefficient (Wildman–Crippen LogP) is -6.00. The van der Waals surface area contributed by atoms with Gasteiger partial charge in [-0.3, -0.25) is 0 Å². The van der Waals surface area contributed by atoms with Crippen molar-refractivity contribution < 1.29 is 30.5 Å². The summed E-state index contributed by atoms with van der Waals surface area (Å²) in [6.07, 6.45) is 0. The Morgan fingerprint density at radius 1 is 0.750 bits per heavy atom. The van der Waals surface area contributed by atoms with E-state index in [4.69, 9.17) is 0 Å². The van der Waals surface area contributed by atoms with Crippen LogP contribution in [0.15, 0.2) is 0 Å². The van der Waals surface area contributed by atoms with Gasteiger partial charge >= 0.3 is 0 Å². The summed E-state index contributed by atoms with van der Waals surface area (Å²) < 4.78 is 0. The molecule has 0 atom stereocenters. The molecule has 0 rings (SSSR count). The van der Waals surface area contributed by atoms with Crippen molar-refractivity contribution in [2.45, 2.75) is 0 Å². The van der Waals surface area contributed by atoms with Gasteiger partial charge in [0.15, 0.2) is 0 Å². The Morgan fingerprint density at radius 2 is 0.750 bits per heavy atom. The third-order valence-corrected chi connectivity index (χ3v) is 0. The second-order valence-electron chi connectivity index (χ2n) is 0. The zero-order valence-corrected chi connectivity index (χ0v) is 5.32. The molecule has 0 aromatic carbocycles. The van der Waals surface area contributed by atoms with Gasteiger partial charge in [-0.15, -0.1) is 0 Å². The van der Waals surface area contributed by atoms with Crippen LogP contribution < -0.4 is 9.41 Å². The number of rotatable bonds is 0. The molecule has 0 spiro atoms. The first-order chi connectivity index (χ1) is 0. The maximum absolute atomic E-state index is 0. The van der Waals surface area contributed by atoms with E-state index in [0.29, 0.717) is 0 Å². The van der Waals surface area contributed by atoms with Gasteiger partial charge in [0.05, 0.1) is 0 Å². The van der Waals surface area contributed by atoms with Gasteiger partial charge in [-0.2, -0.15) is 0 Å². The smallest absolute Gasteiger partial charge is 0 e. The fraction of sp³-hybridized carbons (Fsp3) is 0. The van der Waals surface area contributed by atoms with Crippen LogP contribution >= 0.6 is 0 Å². The maximum atomic E-state index is 0. The zero-order chi connectivity index (χ0) is 0. The molecule has 0 saturated carbocycles. The van der Waals surface area contributed by atoms with Gasteiger partial charge in [0.2, 0.25) is 0 Å². The Balaban J connectivity index is 0. The maximum Gasteiger partial charge on any atom is 0 e. The van der Waals surface area contributed by atoms with Crippen LogP contribution in [0.3, 0.4) is 0 Å². The Morgan fingerprint density at radius 3 is 0.750 bits per heavy atom. The van der Waals surface area contributed by atoms with E-state index in [1.165, 1.54) is 0 Å². The zero-order valence-electron chi connectivity index (χ0n) is 1.57. The Bertz CT molecular complexity index is 6.00. The predicted molar refractivity (Wildman–Crippen MR) is 7.37 cm³/mol. The Kier molecular flexibility index (Phi) is 936. The largest absolute Gasteiger partial charge is 2.00 e. The van der Waals surface area contributed by atoms with E-state index < -0.39 is 0 Å². The van der Waals surface area contributed by atoms with E-state index in [-0.39, 0.29) is 44.0 Å². The van der Waals surface area contributed by atoms with Crippen molar-refractivity contribution in [1.82, 2.24) is 0 Å². The average molecular weight is 254 g/mol. The summed E-state index contributed by atoms with van der Waals surface area (Å²) in [6, 6.07) is 0. The van der Waals surface area contributed by atoms with E-state index in [0.717, 1.165) is 0 Å². The van der Waals surface area contributed by atoms with Crippen LogP contribution in [0.1, 0.15) is 0 Å². The van der Waals surface area contributed by atoms with Crippen LogP contribution in [0, 0.1) is 0 Å². The molecular weight excluding hydrogens is 254 g/mol. The third-order valence-electron chi connectivity index (χ3n) is 0. The molecule has 0 nitrogen and oxygen atoms in total. The number of halogens is 2. The van der Waals surface area contributed by atoms with Gasteiger partial charge in [-0.1, -0.05) is 0 Å². The van der Waals surface area contributed by atoms with Crippen LogP contribution in [0.4, 0.5) is 0 Å². The number of hydrogen-bond acceptors (Lipinski definition) is 0. The molecule has 0 aliphatic rings. The molecule has 4 heteroatoms. The van der Waals surface area contributed by atoms with Crippen LogP contribution in [-0.4, -0.2) is 0 Å². The van der Waals surface area contributed by atoms with Gasteiger partial charge in [0, 0.05) is 21.1 Å². The summed E-state index contributed by atoms with van der Waals surface area (Å²) in [6.45, 7) is 0. The van der Waals surface area contributed by atoms with Crippen molar-refractivity contribution in [3.8, 4) is 0 Å². The minimum absolute atomic E-state index is 0. The monoisotopic (exact) mass is 254 g/mol. The van der Waals surface area contributed by atoms with Crippen LogP contribution in [0.25, 0.3) is 0 Å². The van der Waals surface area contributed by atoms with Gasteiger partial charge in [0.25, 0.3) is 0 Å². The molecule has 0 amide bonds. The topological polar surface area (TPSA) is 0 Å². The second-order valence-corrected chi connectivity index (χ2v) is 0. The SMILES string of the molecule is [F-].[F-].[S-2].[W]. The van der Waals surface area contributed by atoms with Gasteiger partial charge in [-0.25, -0.2) is 0 Å². The molecule has 0 radical (unpaired) electrons. The van der Waals surface area contributed by atoms with Crippen LogP contribution in [-0.2, 0) is 34.6 Å². The van der Waals surface area contributed by atoms with Crippen molar-refractivity contribution in [2.75, 3.05) is 0 Å². The fourth-order valence-corrected chi connectivity index (χ4v) is 0. The average Bonchev–Trinajstić information content (AvgIpc) is 0. The van der Waals surface area contributed by atoms with E-state index in [1.807, 2.05) is 0 Å². The summed E-state index contributed by atoms with van der Waals surface area (Å²) in [4.78, 5) is 0. The van der Waals surface area contributed by atoms with Crippen LogP contribution in [0.5, 0.6) is 0 Å². The van der Waals surface area contributed by atoms with Crippen LogP contribution in [0.2, 0.25) is 0 Å². The standard InChI is InChI=1S/2FH.S.W/h2*1H;;/q;;-2;/p-2. The van der Waals surface area contributed by atoms with E-state index in [9.17, 15) is 0 Å². The van der Waals surface area contributed by atoms with Crippen molar-refractivity contribution in [1.29, 1.82) is 0 Å². The number of hydrogen-bond donors (Lipinski definition) is 0. The first-order valence-corrected chi connectivity index (χ1v) is 0. The quantitative estimate of drug-likeness (QED) is 0.404. The van der Waals surface area contributed by atoms with E-state index in [2.05, 4.69) is 0 Å². The molecule has 0 saturated heterocycles. The fourth-order valence-electron chi connectivity index (χ4n) is 0. The molecule has 0 aromatic heterocycles. The molecule has 0 unspecified atom stereocenters. The molecule has 4 heavy (non-hydrogen) atoms. The van der Waals surface area contributed by atoms with Gasteiger partial charge in [-0.05, 0) is 0 Å². The molecule has 0 heterocycles. The van der Waals surface area contributed by atoms with Crippen molar-refractivity contribution in [3.63, 3.8) is 0 Å². The minimum Gasteiger partial charge on any atom is -2.00 e. The van der Waals surface area contributed by atoms with Gasteiger partial charge < -0.3 is 22.9 Å². The molecular formula is F2SW-4. The first-order valence-electron chi connectivity index (χ1n) is 0. The Labute approximate surface area is 44.4 Å². The summed E-state index contributed by atoms with van der Waals surface area (Å²) in [5, 5.41) is 0. The molecule has 0 N–H and O–H groups in total.